The van der Waals surface area contributed by atoms with Crippen molar-refractivity contribution in [3.8, 4) is 0 Å². The molecule has 2 atom stereocenters. The van der Waals surface area contributed by atoms with Gasteiger partial charge in [0.25, 0.3) is 11.7 Å². The number of carbonyl (C=O) groups is 1. The molecule has 1 aromatic rings. The summed E-state index contributed by atoms with van der Waals surface area (Å²) in [6, 6.07) is 0.164. The summed E-state index contributed by atoms with van der Waals surface area (Å²) in [5.41, 5.74) is 0. The lowest BCUT2D eigenvalue weighted by Gasteiger charge is -2.13. The van der Waals surface area contributed by atoms with E-state index in [2.05, 4.69) is 20.8 Å². The second kappa shape index (κ2) is 5.92. The summed E-state index contributed by atoms with van der Waals surface area (Å²) in [7, 11) is 0. The van der Waals surface area contributed by atoms with Crippen molar-refractivity contribution in [3.63, 3.8) is 0 Å². The van der Waals surface area contributed by atoms with E-state index in [1.54, 1.807) is 0 Å². The third kappa shape index (κ3) is 2.68. The molecule has 2 heterocycles. The number of hydrogen-bond donors (Lipinski definition) is 2. The average Bonchev–Trinajstić information content (AvgIpc) is 2.97. The molecule has 0 saturated carbocycles. The molecular formula is C11H18N4O3. The number of nitrogens with zero attached hydrogens (tertiary/aromatic N) is 2. The number of ether oxygens (including phenoxy) is 1. The Balaban J connectivity index is 2.07. The highest BCUT2D eigenvalue weighted by Crippen LogP contribution is 2.24. The van der Waals surface area contributed by atoms with E-state index < -0.39 is 0 Å². The first-order valence-corrected chi connectivity index (χ1v) is 6.19. The van der Waals surface area contributed by atoms with Gasteiger partial charge in [0, 0.05) is 12.6 Å². The molecule has 18 heavy (non-hydrogen) atoms. The minimum absolute atomic E-state index is 0.0145. The molecule has 1 fully saturated rings. The molecule has 7 nitrogen and oxygen atoms in total. The molecule has 0 bridgehead atoms. The van der Waals surface area contributed by atoms with Gasteiger partial charge in [0.15, 0.2) is 0 Å². The summed E-state index contributed by atoms with van der Waals surface area (Å²) in [5, 5.41) is 9.63. The van der Waals surface area contributed by atoms with Gasteiger partial charge in [0.05, 0.1) is 19.1 Å². The van der Waals surface area contributed by atoms with Crippen molar-refractivity contribution in [3.05, 3.63) is 11.7 Å². The van der Waals surface area contributed by atoms with E-state index in [0.717, 1.165) is 6.54 Å². The maximum atomic E-state index is 11.5. The van der Waals surface area contributed by atoms with E-state index in [0.29, 0.717) is 25.6 Å². The summed E-state index contributed by atoms with van der Waals surface area (Å²) in [4.78, 5) is 15.7. The zero-order valence-electron chi connectivity index (χ0n) is 10.6. The molecule has 2 unspecified atom stereocenters. The molecule has 2 rings (SSSR count). The normalized spacial score (nSPS) is 23.2. The highest BCUT2D eigenvalue weighted by Gasteiger charge is 2.33. The van der Waals surface area contributed by atoms with Crippen LogP contribution in [-0.4, -0.2) is 48.4 Å². The molecule has 1 aliphatic rings. The third-order valence-electron chi connectivity index (χ3n) is 2.85. The van der Waals surface area contributed by atoms with E-state index in [9.17, 15) is 4.79 Å². The van der Waals surface area contributed by atoms with Crippen LogP contribution >= 0.6 is 0 Å². The Morgan fingerprint density at radius 3 is 2.94 bits per heavy atom. The number of aromatic nitrogens is 2. The lowest BCUT2D eigenvalue weighted by Crippen LogP contribution is -2.34. The van der Waals surface area contributed by atoms with Crippen LogP contribution in [0.3, 0.4) is 0 Å². The number of carbonyl (C=O) groups excluding carboxylic acids is 1. The highest BCUT2D eigenvalue weighted by atomic mass is 16.5. The molecule has 100 valence electrons. The largest absolute Gasteiger partial charge is 0.379 e. The van der Waals surface area contributed by atoms with Crippen LogP contribution in [0.2, 0.25) is 0 Å². The highest BCUT2D eigenvalue weighted by molar-refractivity contribution is 5.90. The fourth-order valence-electron chi connectivity index (χ4n) is 1.98. The zero-order chi connectivity index (χ0) is 13.0. The van der Waals surface area contributed by atoms with Crippen LogP contribution in [0.1, 0.15) is 36.3 Å². The molecular weight excluding hydrogens is 236 g/mol. The zero-order valence-corrected chi connectivity index (χ0v) is 10.6. The molecule has 2 N–H and O–H groups in total. The van der Waals surface area contributed by atoms with Crippen molar-refractivity contribution in [2.45, 2.75) is 25.8 Å². The van der Waals surface area contributed by atoms with Crippen molar-refractivity contribution < 1.29 is 14.1 Å². The average molecular weight is 254 g/mol. The Hall–Kier alpha value is -1.47. The molecule has 0 spiro atoms. The second-order valence-electron chi connectivity index (χ2n) is 4.12. The van der Waals surface area contributed by atoms with Crippen LogP contribution in [-0.2, 0) is 4.74 Å². The summed E-state index contributed by atoms with van der Waals surface area (Å²) < 4.78 is 10.6. The van der Waals surface area contributed by atoms with Crippen molar-refractivity contribution in [1.82, 2.24) is 20.8 Å². The van der Waals surface area contributed by atoms with Crippen LogP contribution in [0.5, 0.6) is 0 Å². The fourth-order valence-corrected chi connectivity index (χ4v) is 1.98. The van der Waals surface area contributed by atoms with Gasteiger partial charge in [-0.15, -0.1) is 0 Å². The predicted octanol–water partition coefficient (Wildman–Crippen LogP) is -0.0888. The maximum Gasteiger partial charge on any atom is 0.292 e. The van der Waals surface area contributed by atoms with Gasteiger partial charge in [-0.25, -0.2) is 0 Å². The van der Waals surface area contributed by atoms with Gasteiger partial charge in [0.2, 0.25) is 5.89 Å². The Bertz CT molecular complexity index is 407. The standard InChI is InChI=1S/C11H18N4O3/c1-3-12-8-6-17-5-7(8)11-14-9(15-18-11)10(16)13-4-2/h7-8,12H,3-6H2,1-2H3,(H,13,16). The quantitative estimate of drug-likeness (QED) is 0.763. The lowest BCUT2D eigenvalue weighted by atomic mass is 10.0. The minimum Gasteiger partial charge on any atom is -0.379 e. The van der Waals surface area contributed by atoms with E-state index in [1.807, 2.05) is 13.8 Å². The van der Waals surface area contributed by atoms with Crippen LogP contribution < -0.4 is 10.6 Å². The monoisotopic (exact) mass is 254 g/mol. The van der Waals surface area contributed by atoms with Gasteiger partial charge in [-0.3, -0.25) is 4.79 Å². The first-order valence-electron chi connectivity index (χ1n) is 6.19. The van der Waals surface area contributed by atoms with Gasteiger partial charge in [0.1, 0.15) is 0 Å². The fraction of sp³-hybridized carbons (Fsp3) is 0.727. The van der Waals surface area contributed by atoms with E-state index in [-0.39, 0.29) is 23.7 Å². The van der Waals surface area contributed by atoms with Gasteiger partial charge < -0.3 is 19.9 Å². The van der Waals surface area contributed by atoms with Crippen molar-refractivity contribution in [2.24, 2.45) is 0 Å². The van der Waals surface area contributed by atoms with Gasteiger partial charge in [-0.2, -0.15) is 4.98 Å². The van der Waals surface area contributed by atoms with Crippen LogP contribution in [0, 0.1) is 0 Å². The van der Waals surface area contributed by atoms with E-state index in [1.165, 1.54) is 0 Å². The van der Waals surface area contributed by atoms with E-state index in [4.69, 9.17) is 9.26 Å². The van der Waals surface area contributed by atoms with Crippen LogP contribution in [0.4, 0.5) is 0 Å². The third-order valence-corrected chi connectivity index (χ3v) is 2.85. The number of amides is 1. The number of rotatable bonds is 5. The Labute approximate surface area is 105 Å². The molecule has 0 aromatic carbocycles. The summed E-state index contributed by atoms with van der Waals surface area (Å²) in [5.74, 6) is 0.237. The molecule has 1 saturated heterocycles. The second-order valence-corrected chi connectivity index (χ2v) is 4.12. The summed E-state index contributed by atoms with van der Waals surface area (Å²) in [6.07, 6.45) is 0. The van der Waals surface area contributed by atoms with Gasteiger partial charge in [-0.1, -0.05) is 12.1 Å². The topological polar surface area (TPSA) is 89.3 Å². The molecule has 0 aliphatic carbocycles. The Morgan fingerprint density at radius 2 is 2.22 bits per heavy atom. The Morgan fingerprint density at radius 1 is 1.39 bits per heavy atom. The Kier molecular flexibility index (Phi) is 4.27. The molecule has 1 aliphatic heterocycles. The predicted molar refractivity (Wildman–Crippen MR) is 63.3 cm³/mol. The number of nitrogens with one attached hydrogen (secondary N) is 2. The number of likely N-dealkylation sites (N-methyl/N-ethyl adjacent to an activating group) is 1. The van der Waals surface area contributed by atoms with Gasteiger partial charge in [-0.05, 0) is 13.5 Å². The smallest absolute Gasteiger partial charge is 0.292 e. The molecule has 1 aromatic heterocycles. The summed E-state index contributed by atoms with van der Waals surface area (Å²) in [6.45, 7) is 6.41. The maximum absolute atomic E-state index is 11.5. The lowest BCUT2D eigenvalue weighted by molar-refractivity contribution is 0.0942. The molecule has 0 radical (unpaired) electrons. The van der Waals surface area contributed by atoms with Crippen molar-refractivity contribution in [2.75, 3.05) is 26.3 Å². The van der Waals surface area contributed by atoms with Crippen molar-refractivity contribution in [1.29, 1.82) is 0 Å². The molecule has 1 amide bonds. The van der Waals surface area contributed by atoms with Crippen LogP contribution in [0.25, 0.3) is 0 Å². The first kappa shape index (κ1) is 13.0. The SMILES string of the molecule is CCNC(=O)c1noc(C2COCC2NCC)n1. The van der Waals surface area contributed by atoms with Gasteiger partial charge >= 0.3 is 0 Å². The van der Waals surface area contributed by atoms with Crippen LogP contribution in [0.15, 0.2) is 4.52 Å². The first-order chi connectivity index (χ1) is 8.76. The molecule has 7 heteroatoms. The number of hydrogen-bond acceptors (Lipinski definition) is 6. The van der Waals surface area contributed by atoms with Crippen molar-refractivity contribution >= 4 is 5.91 Å². The van der Waals surface area contributed by atoms with E-state index >= 15 is 0 Å². The summed E-state index contributed by atoms with van der Waals surface area (Å²) >= 11 is 0. The minimum atomic E-state index is -0.314.